The fourth-order valence-electron chi connectivity index (χ4n) is 1.00. The molecule has 0 fully saturated rings. The highest BCUT2D eigenvalue weighted by atomic mass is 16.5. The molecule has 0 saturated heterocycles. The minimum atomic E-state index is -0.293. The van der Waals surface area contributed by atoms with Crippen molar-refractivity contribution in [2.75, 3.05) is 7.05 Å². The van der Waals surface area contributed by atoms with E-state index < -0.39 is 0 Å². The van der Waals surface area contributed by atoms with Gasteiger partial charge < -0.3 is 15.3 Å². The highest BCUT2D eigenvalue weighted by Crippen LogP contribution is 2.09. The summed E-state index contributed by atoms with van der Waals surface area (Å²) in [5.41, 5.74) is 4.50. The van der Waals surface area contributed by atoms with Gasteiger partial charge in [-0.25, -0.2) is 0 Å². The molecule has 0 aliphatic carbocycles. The van der Waals surface area contributed by atoms with E-state index in [0.717, 1.165) is 6.29 Å². The first kappa shape index (κ1) is 18.7. The second kappa shape index (κ2) is 15.3. The number of esters is 1. The number of rotatable bonds is 5. The monoisotopic (exact) mass is 253 g/mol. The molecule has 2 N–H and O–H groups in total. The lowest BCUT2D eigenvalue weighted by atomic mass is 10.2. The van der Waals surface area contributed by atoms with Gasteiger partial charge >= 0.3 is 5.97 Å². The Hall–Kier alpha value is -1.68. The van der Waals surface area contributed by atoms with Crippen molar-refractivity contribution >= 4 is 12.3 Å². The Labute approximate surface area is 109 Å². The summed E-state index contributed by atoms with van der Waals surface area (Å²) < 4.78 is 5.01. The Morgan fingerprint density at radius 3 is 2.28 bits per heavy atom. The first-order chi connectivity index (χ1) is 8.83. The zero-order valence-corrected chi connectivity index (χ0v) is 11.4. The number of carbonyl (C=O) groups excluding carboxylic acids is 2. The number of benzene rings is 1. The van der Waals surface area contributed by atoms with Crippen LogP contribution in [0.15, 0.2) is 30.3 Å². The van der Waals surface area contributed by atoms with Crippen molar-refractivity contribution in [1.29, 1.82) is 0 Å². The zero-order chi connectivity index (χ0) is 14.2. The van der Waals surface area contributed by atoms with Gasteiger partial charge in [0.05, 0.1) is 0 Å². The molecule has 1 rings (SSSR count). The normalized spacial score (nSPS) is 8.00. The summed E-state index contributed by atoms with van der Waals surface area (Å²) in [6.45, 7) is 4.00. The van der Waals surface area contributed by atoms with E-state index in [4.69, 9.17) is 4.74 Å². The topological polar surface area (TPSA) is 69.4 Å². The minimum Gasteiger partial charge on any atom is -0.427 e. The molecule has 0 aliphatic rings. The lowest BCUT2D eigenvalue weighted by molar-refractivity contribution is -0.134. The van der Waals surface area contributed by atoms with Crippen LogP contribution in [0.4, 0.5) is 0 Å². The number of hydrogen-bond donors (Lipinski definition) is 1. The second-order valence-corrected chi connectivity index (χ2v) is 2.85. The molecule has 1 aromatic carbocycles. The first-order valence-electron chi connectivity index (χ1n) is 6.10. The smallest absolute Gasteiger partial charge is 0.311 e. The Bertz CT molecular complexity index is 299. The lowest BCUT2D eigenvalue weighted by Crippen LogP contribution is -2.07. The lowest BCUT2D eigenvalue weighted by Gasteiger charge is -2.02. The van der Waals surface area contributed by atoms with Crippen LogP contribution in [0.1, 0.15) is 33.1 Å². The van der Waals surface area contributed by atoms with Crippen molar-refractivity contribution in [2.24, 2.45) is 5.73 Å². The fourth-order valence-corrected chi connectivity index (χ4v) is 1.00. The van der Waals surface area contributed by atoms with Gasteiger partial charge in [0.25, 0.3) is 0 Å². The molecule has 102 valence electrons. The number of aldehydes is 1. The van der Waals surface area contributed by atoms with Gasteiger partial charge in [0.2, 0.25) is 0 Å². The molecule has 0 heterocycles. The average Bonchev–Trinajstić information content (AvgIpc) is 2.45. The third-order valence-corrected chi connectivity index (χ3v) is 1.68. The summed E-state index contributed by atoms with van der Waals surface area (Å²) >= 11 is 0. The van der Waals surface area contributed by atoms with Crippen molar-refractivity contribution in [3.63, 3.8) is 0 Å². The van der Waals surface area contributed by atoms with Crippen molar-refractivity contribution in [1.82, 2.24) is 0 Å². The van der Waals surface area contributed by atoms with Gasteiger partial charge in [-0.05, 0) is 25.6 Å². The quantitative estimate of drug-likeness (QED) is 0.379. The summed E-state index contributed by atoms with van der Waals surface area (Å²) in [5.74, 6) is 0.252. The third-order valence-electron chi connectivity index (χ3n) is 1.68. The van der Waals surface area contributed by atoms with Crippen LogP contribution in [0.25, 0.3) is 0 Å². The van der Waals surface area contributed by atoms with Gasteiger partial charge in [0.1, 0.15) is 12.0 Å². The van der Waals surface area contributed by atoms with Gasteiger partial charge in [-0.1, -0.05) is 32.0 Å². The van der Waals surface area contributed by atoms with E-state index in [1.165, 1.54) is 7.05 Å². The summed E-state index contributed by atoms with van der Waals surface area (Å²) in [7, 11) is 1.50. The molecule has 4 heteroatoms. The highest BCUT2D eigenvalue weighted by molar-refractivity contribution is 5.72. The molecule has 0 unspecified atom stereocenters. The van der Waals surface area contributed by atoms with E-state index in [1.807, 2.05) is 19.9 Å². The molecule has 0 amide bonds. The van der Waals surface area contributed by atoms with E-state index >= 15 is 0 Å². The largest absolute Gasteiger partial charge is 0.427 e. The fraction of sp³-hybridized carbons (Fsp3) is 0.429. The van der Waals surface area contributed by atoms with Crippen LogP contribution in [-0.2, 0) is 9.59 Å². The number of ether oxygens (including phenoxy) is 1. The van der Waals surface area contributed by atoms with E-state index in [2.05, 4.69) is 5.73 Å². The van der Waals surface area contributed by atoms with Crippen molar-refractivity contribution in [2.45, 2.75) is 33.1 Å². The van der Waals surface area contributed by atoms with Gasteiger partial charge in [-0.15, -0.1) is 0 Å². The molecule has 18 heavy (non-hydrogen) atoms. The van der Waals surface area contributed by atoms with Crippen molar-refractivity contribution in [3.05, 3.63) is 30.3 Å². The Morgan fingerprint density at radius 2 is 1.78 bits per heavy atom. The Kier molecular flexibility index (Phi) is 15.9. The van der Waals surface area contributed by atoms with Crippen molar-refractivity contribution < 1.29 is 14.3 Å². The summed E-state index contributed by atoms with van der Waals surface area (Å²) in [5, 5.41) is 0. The predicted octanol–water partition coefficient (Wildman–Crippen LogP) is 2.56. The summed E-state index contributed by atoms with van der Waals surface area (Å²) in [6.07, 6.45) is 2.04. The SMILES string of the molecule is CC.CN.O=CCCCC(=O)Oc1ccccc1. The van der Waals surface area contributed by atoms with Gasteiger partial charge in [0, 0.05) is 12.8 Å². The standard InChI is InChI=1S/C11H12O3.C2H6.CH5N/c12-9-5-4-8-11(13)14-10-6-2-1-3-7-10;2*1-2/h1-3,6-7,9H,4-5,8H2;1-2H3;2H2,1H3. The number of unbranched alkanes of at least 4 members (excludes halogenated alkanes) is 1. The number of nitrogens with two attached hydrogens (primary N) is 1. The van der Waals surface area contributed by atoms with Crippen LogP contribution >= 0.6 is 0 Å². The van der Waals surface area contributed by atoms with Crippen LogP contribution in [-0.4, -0.2) is 19.3 Å². The maximum Gasteiger partial charge on any atom is 0.311 e. The minimum absolute atomic E-state index is 0.285. The third kappa shape index (κ3) is 10.8. The number of carbonyl (C=O) groups is 2. The number of hydrogen-bond acceptors (Lipinski definition) is 4. The predicted molar refractivity (Wildman–Crippen MR) is 73.5 cm³/mol. The zero-order valence-electron chi connectivity index (χ0n) is 11.4. The molecule has 0 atom stereocenters. The molecule has 0 aliphatic heterocycles. The van der Waals surface area contributed by atoms with Crippen LogP contribution < -0.4 is 10.5 Å². The van der Waals surface area contributed by atoms with Gasteiger partial charge in [-0.3, -0.25) is 4.79 Å². The molecule has 1 aromatic rings. The van der Waals surface area contributed by atoms with Crippen LogP contribution in [0.5, 0.6) is 5.75 Å². The van der Waals surface area contributed by atoms with Crippen molar-refractivity contribution in [3.8, 4) is 5.75 Å². The van der Waals surface area contributed by atoms with Crippen LogP contribution in [0, 0.1) is 0 Å². The van der Waals surface area contributed by atoms with Crippen LogP contribution in [0.2, 0.25) is 0 Å². The van der Waals surface area contributed by atoms with E-state index in [-0.39, 0.29) is 12.4 Å². The maximum atomic E-state index is 11.1. The van der Waals surface area contributed by atoms with Gasteiger partial charge in [0.15, 0.2) is 0 Å². The Morgan fingerprint density at radius 1 is 1.22 bits per heavy atom. The molecule has 4 nitrogen and oxygen atoms in total. The average molecular weight is 253 g/mol. The van der Waals surface area contributed by atoms with E-state index in [1.54, 1.807) is 24.3 Å². The van der Waals surface area contributed by atoms with E-state index in [0.29, 0.717) is 18.6 Å². The first-order valence-corrected chi connectivity index (χ1v) is 6.10. The molecular formula is C14H23NO3. The molecule has 0 saturated carbocycles. The molecule has 0 bridgehead atoms. The molecule has 0 aromatic heterocycles. The molecule has 0 spiro atoms. The van der Waals surface area contributed by atoms with Gasteiger partial charge in [-0.2, -0.15) is 0 Å². The summed E-state index contributed by atoms with van der Waals surface area (Å²) in [4.78, 5) is 21.1. The number of para-hydroxylation sites is 1. The second-order valence-electron chi connectivity index (χ2n) is 2.85. The molecular weight excluding hydrogens is 230 g/mol. The Balaban J connectivity index is 0. The van der Waals surface area contributed by atoms with E-state index in [9.17, 15) is 9.59 Å². The summed E-state index contributed by atoms with van der Waals surface area (Å²) in [6, 6.07) is 8.89. The highest BCUT2D eigenvalue weighted by Gasteiger charge is 2.03. The maximum absolute atomic E-state index is 11.1. The molecule has 0 radical (unpaired) electrons. The van der Waals surface area contributed by atoms with Crippen LogP contribution in [0.3, 0.4) is 0 Å².